The van der Waals surface area contributed by atoms with Gasteiger partial charge in [0.2, 0.25) is 0 Å². The SMILES string of the molecule is CCn1nc(C)c([C@@H](C)NC(=O)N2CCC(Oc3ncccn3)CC2)c1C. The molecule has 2 aromatic heterocycles. The van der Waals surface area contributed by atoms with Gasteiger partial charge in [0.25, 0.3) is 0 Å². The second kappa shape index (κ2) is 8.37. The fourth-order valence-electron chi connectivity index (χ4n) is 3.67. The number of aryl methyl sites for hydroxylation is 2. The quantitative estimate of drug-likeness (QED) is 0.872. The number of carbonyl (C=O) groups excluding carboxylic acids is 1. The minimum Gasteiger partial charge on any atom is -0.460 e. The van der Waals surface area contributed by atoms with Crippen molar-refractivity contribution in [2.45, 2.75) is 59.2 Å². The molecule has 0 aliphatic carbocycles. The third-order valence-corrected chi connectivity index (χ3v) is 5.05. The maximum absolute atomic E-state index is 12.7. The Morgan fingerprint density at radius 1 is 1.30 bits per heavy atom. The van der Waals surface area contributed by atoms with Gasteiger partial charge in [0.1, 0.15) is 6.10 Å². The highest BCUT2D eigenvalue weighted by atomic mass is 16.5. The van der Waals surface area contributed by atoms with E-state index in [1.807, 2.05) is 23.4 Å². The van der Waals surface area contributed by atoms with Crippen LogP contribution in [0.2, 0.25) is 0 Å². The molecule has 8 heteroatoms. The molecule has 0 spiro atoms. The number of carbonyl (C=O) groups is 1. The van der Waals surface area contributed by atoms with Gasteiger partial charge in [-0.25, -0.2) is 14.8 Å². The minimum absolute atomic E-state index is 0.0417. The molecule has 146 valence electrons. The molecule has 1 N–H and O–H groups in total. The molecule has 2 amide bonds. The highest BCUT2D eigenvalue weighted by molar-refractivity contribution is 5.74. The summed E-state index contributed by atoms with van der Waals surface area (Å²) in [6.45, 7) is 10.3. The fraction of sp³-hybridized carbons (Fsp3) is 0.579. The average Bonchev–Trinajstić information content (AvgIpc) is 2.96. The second-order valence-electron chi connectivity index (χ2n) is 6.91. The van der Waals surface area contributed by atoms with Gasteiger partial charge in [-0.05, 0) is 33.8 Å². The lowest BCUT2D eigenvalue weighted by Gasteiger charge is -2.32. The van der Waals surface area contributed by atoms with Crippen molar-refractivity contribution in [1.82, 2.24) is 30.0 Å². The number of urea groups is 1. The van der Waals surface area contributed by atoms with E-state index in [1.54, 1.807) is 18.5 Å². The number of nitrogens with zero attached hydrogens (tertiary/aromatic N) is 5. The maximum atomic E-state index is 12.7. The smallest absolute Gasteiger partial charge is 0.317 e. The van der Waals surface area contributed by atoms with E-state index in [4.69, 9.17) is 4.74 Å². The third-order valence-electron chi connectivity index (χ3n) is 5.05. The summed E-state index contributed by atoms with van der Waals surface area (Å²) in [6.07, 6.45) is 4.91. The van der Waals surface area contributed by atoms with Crippen LogP contribution in [0, 0.1) is 13.8 Å². The number of ether oxygens (including phenoxy) is 1. The molecule has 8 nitrogen and oxygen atoms in total. The Morgan fingerprint density at radius 2 is 1.96 bits per heavy atom. The van der Waals surface area contributed by atoms with E-state index in [0.717, 1.165) is 36.3 Å². The number of aromatic nitrogens is 4. The van der Waals surface area contributed by atoms with Gasteiger partial charge in [0.15, 0.2) is 0 Å². The number of hydrogen-bond acceptors (Lipinski definition) is 5. The van der Waals surface area contributed by atoms with Crippen LogP contribution in [0.5, 0.6) is 6.01 Å². The molecule has 27 heavy (non-hydrogen) atoms. The van der Waals surface area contributed by atoms with Crippen molar-refractivity contribution >= 4 is 6.03 Å². The number of hydrogen-bond donors (Lipinski definition) is 1. The standard InChI is InChI=1S/C19H28N6O2/c1-5-25-15(4)17(14(3)23-25)13(2)22-19(26)24-11-7-16(8-12-24)27-18-20-9-6-10-21-18/h6,9-10,13,16H,5,7-8,11-12H2,1-4H3,(H,22,26)/t13-/m1/s1. The van der Waals surface area contributed by atoms with E-state index < -0.39 is 0 Å². The number of rotatable bonds is 5. The van der Waals surface area contributed by atoms with Gasteiger partial charge in [0, 0.05) is 56.1 Å². The van der Waals surface area contributed by atoms with Crippen molar-refractivity contribution in [3.8, 4) is 6.01 Å². The highest BCUT2D eigenvalue weighted by Gasteiger charge is 2.26. The molecule has 0 radical (unpaired) electrons. The summed E-state index contributed by atoms with van der Waals surface area (Å²) in [4.78, 5) is 22.7. The number of likely N-dealkylation sites (tertiary alicyclic amines) is 1. The summed E-state index contributed by atoms with van der Waals surface area (Å²) >= 11 is 0. The van der Waals surface area contributed by atoms with Crippen LogP contribution in [0.25, 0.3) is 0 Å². The minimum atomic E-state index is -0.0792. The summed E-state index contributed by atoms with van der Waals surface area (Å²) in [6, 6.07) is 2.03. The van der Waals surface area contributed by atoms with Crippen molar-refractivity contribution < 1.29 is 9.53 Å². The van der Waals surface area contributed by atoms with E-state index in [-0.39, 0.29) is 18.2 Å². The van der Waals surface area contributed by atoms with Crippen LogP contribution in [0.1, 0.15) is 49.7 Å². The molecule has 1 fully saturated rings. The Hall–Kier alpha value is -2.64. The third kappa shape index (κ3) is 4.37. The highest BCUT2D eigenvalue weighted by Crippen LogP contribution is 2.22. The van der Waals surface area contributed by atoms with E-state index in [1.165, 1.54) is 0 Å². The fourth-order valence-corrected chi connectivity index (χ4v) is 3.67. The molecule has 1 aliphatic heterocycles. The zero-order valence-corrected chi connectivity index (χ0v) is 16.5. The molecule has 3 heterocycles. The Morgan fingerprint density at radius 3 is 2.56 bits per heavy atom. The normalized spacial score (nSPS) is 16.2. The zero-order valence-electron chi connectivity index (χ0n) is 16.5. The van der Waals surface area contributed by atoms with Gasteiger partial charge in [0.05, 0.1) is 11.7 Å². The predicted molar refractivity (Wildman–Crippen MR) is 102 cm³/mol. The van der Waals surface area contributed by atoms with E-state index in [0.29, 0.717) is 19.1 Å². The molecule has 0 aromatic carbocycles. The number of nitrogens with one attached hydrogen (secondary N) is 1. The van der Waals surface area contributed by atoms with E-state index in [2.05, 4.69) is 34.2 Å². The van der Waals surface area contributed by atoms with Gasteiger partial charge >= 0.3 is 12.0 Å². The largest absolute Gasteiger partial charge is 0.460 e. The van der Waals surface area contributed by atoms with Crippen LogP contribution in [0.3, 0.4) is 0 Å². The molecule has 1 atom stereocenters. The molecular formula is C19H28N6O2. The summed E-state index contributed by atoms with van der Waals surface area (Å²) in [5, 5.41) is 7.66. The van der Waals surface area contributed by atoms with Crippen LogP contribution in [-0.2, 0) is 6.54 Å². The van der Waals surface area contributed by atoms with Crippen molar-refractivity contribution in [2.24, 2.45) is 0 Å². The molecule has 1 aliphatic rings. The molecular weight excluding hydrogens is 344 g/mol. The molecule has 1 saturated heterocycles. The number of amides is 2. The van der Waals surface area contributed by atoms with Crippen LogP contribution in [-0.4, -0.2) is 49.9 Å². The van der Waals surface area contributed by atoms with Crippen molar-refractivity contribution in [2.75, 3.05) is 13.1 Å². The van der Waals surface area contributed by atoms with E-state index >= 15 is 0 Å². The van der Waals surface area contributed by atoms with Gasteiger partial charge in [-0.15, -0.1) is 0 Å². The number of piperidine rings is 1. The van der Waals surface area contributed by atoms with Crippen LogP contribution >= 0.6 is 0 Å². The van der Waals surface area contributed by atoms with Crippen LogP contribution in [0.15, 0.2) is 18.5 Å². The molecule has 0 bridgehead atoms. The van der Waals surface area contributed by atoms with E-state index in [9.17, 15) is 4.79 Å². The van der Waals surface area contributed by atoms with Crippen LogP contribution < -0.4 is 10.1 Å². The lowest BCUT2D eigenvalue weighted by atomic mass is 10.1. The second-order valence-corrected chi connectivity index (χ2v) is 6.91. The molecule has 0 saturated carbocycles. The topological polar surface area (TPSA) is 85.2 Å². The summed E-state index contributed by atoms with van der Waals surface area (Å²) < 4.78 is 7.76. The van der Waals surface area contributed by atoms with Gasteiger partial charge < -0.3 is 15.0 Å². The van der Waals surface area contributed by atoms with Crippen molar-refractivity contribution in [1.29, 1.82) is 0 Å². The van der Waals surface area contributed by atoms with Gasteiger partial charge in [-0.3, -0.25) is 4.68 Å². The van der Waals surface area contributed by atoms with Gasteiger partial charge in [-0.2, -0.15) is 5.10 Å². The monoisotopic (exact) mass is 372 g/mol. The molecule has 0 unspecified atom stereocenters. The first-order valence-electron chi connectivity index (χ1n) is 9.52. The van der Waals surface area contributed by atoms with Crippen LogP contribution in [0.4, 0.5) is 4.79 Å². The Bertz CT molecular complexity index is 768. The lowest BCUT2D eigenvalue weighted by Crippen LogP contribution is -2.47. The van der Waals surface area contributed by atoms with Crippen molar-refractivity contribution in [3.63, 3.8) is 0 Å². The summed E-state index contributed by atoms with van der Waals surface area (Å²) in [5.74, 6) is 0. The lowest BCUT2D eigenvalue weighted by molar-refractivity contribution is 0.102. The zero-order chi connectivity index (χ0) is 19.4. The Balaban J connectivity index is 1.53. The first kappa shape index (κ1) is 19.1. The average molecular weight is 372 g/mol. The Kier molecular flexibility index (Phi) is 5.93. The Labute approximate surface area is 159 Å². The summed E-state index contributed by atoms with van der Waals surface area (Å²) in [7, 11) is 0. The molecule has 2 aromatic rings. The maximum Gasteiger partial charge on any atom is 0.317 e. The first-order valence-corrected chi connectivity index (χ1v) is 9.52. The first-order chi connectivity index (χ1) is 13.0. The summed E-state index contributed by atoms with van der Waals surface area (Å²) in [5.41, 5.74) is 3.18. The van der Waals surface area contributed by atoms with Gasteiger partial charge in [-0.1, -0.05) is 0 Å². The van der Waals surface area contributed by atoms with Crippen molar-refractivity contribution in [3.05, 3.63) is 35.4 Å². The molecule has 3 rings (SSSR count). The predicted octanol–water partition coefficient (Wildman–Crippen LogP) is 2.62.